The minimum atomic E-state index is -0.0750. The number of para-hydroxylation sites is 2. The molecular formula is C12H9O2-. The predicted octanol–water partition coefficient (Wildman–Crippen LogP) is 2.13. The molecule has 0 aliphatic carbocycles. The van der Waals surface area contributed by atoms with Gasteiger partial charge in [-0.1, -0.05) is 42.5 Å². The average molecular weight is 185 g/mol. The van der Waals surface area contributed by atoms with E-state index in [1.165, 1.54) is 6.07 Å². The Morgan fingerprint density at radius 2 is 1.36 bits per heavy atom. The van der Waals surface area contributed by atoms with Gasteiger partial charge in [0.05, 0.1) is 0 Å². The van der Waals surface area contributed by atoms with Gasteiger partial charge in [-0.2, -0.15) is 0 Å². The number of rotatable bonds is 1. The van der Waals surface area contributed by atoms with Gasteiger partial charge in [-0.15, -0.1) is 5.75 Å². The van der Waals surface area contributed by atoms with Crippen molar-refractivity contribution in [2.24, 2.45) is 0 Å². The van der Waals surface area contributed by atoms with Gasteiger partial charge in [-0.25, -0.2) is 0 Å². The first-order valence-electron chi connectivity index (χ1n) is 4.33. The van der Waals surface area contributed by atoms with Crippen LogP contribution in [0.25, 0.3) is 11.1 Å². The number of aromatic hydroxyl groups is 1. The number of hydrogen-bond acceptors (Lipinski definition) is 2. The van der Waals surface area contributed by atoms with Crippen LogP contribution in [0.1, 0.15) is 0 Å². The van der Waals surface area contributed by atoms with E-state index in [1.807, 2.05) is 0 Å². The van der Waals surface area contributed by atoms with Crippen molar-refractivity contribution in [2.45, 2.75) is 0 Å². The largest absolute Gasteiger partial charge is 0.872 e. The summed E-state index contributed by atoms with van der Waals surface area (Å²) in [6.07, 6.45) is 0. The van der Waals surface area contributed by atoms with Gasteiger partial charge in [0.25, 0.3) is 0 Å². The van der Waals surface area contributed by atoms with Crippen LogP contribution in [0.3, 0.4) is 0 Å². The molecule has 2 aromatic rings. The lowest BCUT2D eigenvalue weighted by molar-refractivity contribution is -0.267. The van der Waals surface area contributed by atoms with E-state index >= 15 is 0 Å². The van der Waals surface area contributed by atoms with Gasteiger partial charge >= 0.3 is 0 Å². The van der Waals surface area contributed by atoms with E-state index in [1.54, 1.807) is 42.5 Å². The summed E-state index contributed by atoms with van der Waals surface area (Å²) >= 11 is 0. The summed E-state index contributed by atoms with van der Waals surface area (Å²) < 4.78 is 0. The molecule has 0 amide bonds. The summed E-state index contributed by atoms with van der Waals surface area (Å²) in [7, 11) is 0. The van der Waals surface area contributed by atoms with Crippen molar-refractivity contribution in [3.63, 3.8) is 0 Å². The Morgan fingerprint density at radius 1 is 0.786 bits per heavy atom. The van der Waals surface area contributed by atoms with Crippen molar-refractivity contribution in [1.82, 2.24) is 0 Å². The molecule has 0 bridgehead atoms. The van der Waals surface area contributed by atoms with Crippen molar-refractivity contribution in [2.75, 3.05) is 0 Å². The van der Waals surface area contributed by atoms with Crippen molar-refractivity contribution >= 4 is 0 Å². The standard InChI is InChI=1S/C12H10O2/c13-11-7-3-1-5-9(11)10-6-2-4-8-12(10)14/h1-8,13-14H/p-1. The zero-order valence-corrected chi connectivity index (χ0v) is 7.47. The number of phenols is 1. The first-order valence-corrected chi connectivity index (χ1v) is 4.33. The Hall–Kier alpha value is -1.96. The van der Waals surface area contributed by atoms with Crippen LogP contribution in [0.4, 0.5) is 0 Å². The van der Waals surface area contributed by atoms with Crippen LogP contribution < -0.4 is 5.11 Å². The summed E-state index contributed by atoms with van der Waals surface area (Å²) in [4.78, 5) is 0. The van der Waals surface area contributed by atoms with Gasteiger partial charge in [-0.3, -0.25) is 0 Å². The van der Waals surface area contributed by atoms with Gasteiger partial charge in [0.2, 0.25) is 0 Å². The third kappa shape index (κ3) is 1.42. The molecule has 2 heteroatoms. The minimum absolute atomic E-state index is 0.0750. The highest BCUT2D eigenvalue weighted by Crippen LogP contribution is 2.32. The lowest BCUT2D eigenvalue weighted by Gasteiger charge is -2.13. The molecule has 0 aliphatic rings. The molecule has 0 atom stereocenters. The highest BCUT2D eigenvalue weighted by molar-refractivity contribution is 5.74. The maximum Gasteiger partial charge on any atom is 0.123 e. The van der Waals surface area contributed by atoms with E-state index < -0.39 is 0 Å². The van der Waals surface area contributed by atoms with E-state index in [4.69, 9.17) is 0 Å². The molecule has 1 N–H and O–H groups in total. The molecule has 70 valence electrons. The molecule has 0 spiro atoms. The molecule has 2 nitrogen and oxygen atoms in total. The smallest absolute Gasteiger partial charge is 0.123 e. The zero-order valence-electron chi connectivity index (χ0n) is 7.47. The molecule has 0 radical (unpaired) electrons. The van der Waals surface area contributed by atoms with Gasteiger partial charge in [-0.05, 0) is 11.6 Å². The van der Waals surface area contributed by atoms with Gasteiger partial charge in [0.15, 0.2) is 0 Å². The second-order valence-electron chi connectivity index (χ2n) is 3.01. The monoisotopic (exact) mass is 185 g/mol. The average Bonchev–Trinajstić information content (AvgIpc) is 2.20. The molecule has 0 aliphatic heterocycles. The fourth-order valence-electron chi connectivity index (χ4n) is 1.39. The summed E-state index contributed by atoms with van der Waals surface area (Å²) in [6, 6.07) is 13.5. The quantitative estimate of drug-likeness (QED) is 0.739. The molecule has 0 heterocycles. The summed E-state index contributed by atoms with van der Waals surface area (Å²) in [5.74, 6) is 0.0600. The molecule has 0 saturated heterocycles. The Kier molecular flexibility index (Phi) is 2.11. The van der Waals surface area contributed by atoms with Crippen LogP contribution >= 0.6 is 0 Å². The lowest BCUT2D eigenvalue weighted by atomic mass is 10.0. The molecule has 0 saturated carbocycles. The van der Waals surface area contributed by atoms with Crippen LogP contribution in [0.15, 0.2) is 48.5 Å². The third-order valence-electron chi connectivity index (χ3n) is 2.08. The highest BCUT2D eigenvalue weighted by Gasteiger charge is 2.02. The lowest BCUT2D eigenvalue weighted by Crippen LogP contribution is -1.92. The van der Waals surface area contributed by atoms with E-state index in [2.05, 4.69) is 0 Å². The number of phenolic OH excluding ortho intramolecular Hbond substituents is 1. The summed E-state index contributed by atoms with van der Waals surface area (Å²) in [5.41, 5.74) is 1.11. The van der Waals surface area contributed by atoms with Crippen molar-refractivity contribution < 1.29 is 10.2 Å². The van der Waals surface area contributed by atoms with Crippen LogP contribution in [0.2, 0.25) is 0 Å². The van der Waals surface area contributed by atoms with E-state index in [0.29, 0.717) is 11.1 Å². The zero-order chi connectivity index (χ0) is 9.97. The molecule has 0 aromatic heterocycles. The Balaban J connectivity index is 2.61. The molecule has 14 heavy (non-hydrogen) atoms. The molecular weight excluding hydrogens is 176 g/mol. The van der Waals surface area contributed by atoms with E-state index in [0.717, 1.165) is 0 Å². The van der Waals surface area contributed by atoms with E-state index in [9.17, 15) is 10.2 Å². The van der Waals surface area contributed by atoms with Crippen LogP contribution in [-0.4, -0.2) is 5.11 Å². The van der Waals surface area contributed by atoms with Gasteiger partial charge in [0.1, 0.15) is 5.75 Å². The number of benzene rings is 2. The normalized spacial score (nSPS) is 10.0. The van der Waals surface area contributed by atoms with Crippen molar-refractivity contribution in [1.29, 1.82) is 0 Å². The van der Waals surface area contributed by atoms with Crippen LogP contribution in [0.5, 0.6) is 11.5 Å². The van der Waals surface area contributed by atoms with Crippen molar-refractivity contribution in [3.8, 4) is 22.6 Å². The Labute approximate surface area is 82.1 Å². The second-order valence-corrected chi connectivity index (χ2v) is 3.01. The Bertz CT molecular complexity index is 406. The third-order valence-corrected chi connectivity index (χ3v) is 2.08. The fraction of sp³-hybridized carbons (Fsp3) is 0. The summed E-state index contributed by atoms with van der Waals surface area (Å²) in [6.45, 7) is 0. The van der Waals surface area contributed by atoms with Gasteiger partial charge in [0, 0.05) is 5.56 Å². The topological polar surface area (TPSA) is 43.3 Å². The van der Waals surface area contributed by atoms with Gasteiger partial charge < -0.3 is 10.2 Å². The predicted molar refractivity (Wildman–Crippen MR) is 53.0 cm³/mol. The molecule has 0 fully saturated rings. The maximum absolute atomic E-state index is 11.5. The second kappa shape index (κ2) is 3.42. The van der Waals surface area contributed by atoms with E-state index in [-0.39, 0.29) is 11.5 Å². The first-order chi connectivity index (χ1) is 6.79. The molecule has 0 unspecified atom stereocenters. The van der Waals surface area contributed by atoms with Crippen LogP contribution in [-0.2, 0) is 0 Å². The number of hydrogen-bond donors (Lipinski definition) is 1. The molecule has 2 aromatic carbocycles. The molecule has 2 rings (SSSR count). The highest BCUT2D eigenvalue weighted by atomic mass is 16.3. The SMILES string of the molecule is [O-]c1ccccc1-c1ccccc1O. The first kappa shape index (κ1) is 8.63. The fourth-order valence-corrected chi connectivity index (χ4v) is 1.39. The Morgan fingerprint density at radius 3 is 2.00 bits per heavy atom. The van der Waals surface area contributed by atoms with Crippen LogP contribution in [0, 0.1) is 0 Å². The maximum atomic E-state index is 11.5. The minimum Gasteiger partial charge on any atom is -0.872 e. The summed E-state index contributed by atoms with van der Waals surface area (Å²) in [5, 5.41) is 21.0. The van der Waals surface area contributed by atoms with Crippen molar-refractivity contribution in [3.05, 3.63) is 48.5 Å².